The van der Waals surface area contributed by atoms with Crippen molar-refractivity contribution in [2.24, 2.45) is 11.8 Å². The number of furan rings is 1. The molecule has 3 N–H and O–H groups in total. The second-order valence-electron chi connectivity index (χ2n) is 4.46. The lowest BCUT2D eigenvalue weighted by Gasteiger charge is -2.25. The molecule has 0 aliphatic carbocycles. The molecule has 0 amide bonds. The lowest BCUT2D eigenvalue weighted by Crippen LogP contribution is -2.30. The van der Waals surface area contributed by atoms with Crippen LogP contribution >= 0.6 is 0 Å². The molecule has 0 spiro atoms. The number of hydrogen-bond donors (Lipinski definition) is 2. The van der Waals surface area contributed by atoms with Gasteiger partial charge in [-0.2, -0.15) is 0 Å². The van der Waals surface area contributed by atoms with Crippen molar-refractivity contribution in [1.29, 1.82) is 0 Å². The smallest absolute Gasteiger partial charge is 0.122 e. The monoisotopic (exact) mass is 224 g/mol. The zero-order valence-corrected chi connectivity index (χ0v) is 9.74. The van der Waals surface area contributed by atoms with E-state index in [4.69, 9.17) is 15.0 Å². The van der Waals surface area contributed by atoms with Crippen molar-refractivity contribution in [3.63, 3.8) is 0 Å². The van der Waals surface area contributed by atoms with Crippen LogP contribution < -0.4 is 11.3 Å². The Morgan fingerprint density at radius 1 is 1.44 bits per heavy atom. The molecule has 1 unspecified atom stereocenters. The molecule has 2 rings (SSSR count). The average Bonchev–Trinajstić information content (AvgIpc) is 2.74. The largest absolute Gasteiger partial charge is 0.465 e. The number of nitrogens with two attached hydrogens (primary N) is 1. The molecule has 1 atom stereocenters. The van der Waals surface area contributed by atoms with Crippen molar-refractivity contribution in [2.45, 2.75) is 32.2 Å². The minimum absolute atomic E-state index is 0.122. The maximum atomic E-state index is 5.60. The molecule has 16 heavy (non-hydrogen) atoms. The molecule has 1 aliphatic heterocycles. The molecule has 0 radical (unpaired) electrons. The fraction of sp³-hybridized carbons (Fsp3) is 0.667. The van der Waals surface area contributed by atoms with E-state index in [1.54, 1.807) is 0 Å². The van der Waals surface area contributed by atoms with E-state index in [-0.39, 0.29) is 6.04 Å². The molecule has 2 heterocycles. The quantitative estimate of drug-likeness (QED) is 0.606. The summed E-state index contributed by atoms with van der Waals surface area (Å²) < 4.78 is 11.0. The second-order valence-corrected chi connectivity index (χ2v) is 4.46. The summed E-state index contributed by atoms with van der Waals surface area (Å²) in [5, 5.41) is 0. The van der Waals surface area contributed by atoms with Crippen LogP contribution in [-0.4, -0.2) is 13.2 Å². The number of rotatable bonds is 4. The summed E-state index contributed by atoms with van der Waals surface area (Å²) >= 11 is 0. The Morgan fingerprint density at radius 3 is 2.75 bits per heavy atom. The summed E-state index contributed by atoms with van der Waals surface area (Å²) in [4.78, 5) is 0. The summed E-state index contributed by atoms with van der Waals surface area (Å²) in [7, 11) is 0. The van der Waals surface area contributed by atoms with Gasteiger partial charge in [-0.1, -0.05) is 0 Å². The molecule has 1 saturated heterocycles. The molecule has 0 aromatic carbocycles. The Bertz CT molecular complexity index is 319. The highest BCUT2D eigenvalue weighted by Gasteiger charge is 2.21. The normalized spacial score (nSPS) is 19.9. The molecule has 0 bridgehead atoms. The van der Waals surface area contributed by atoms with Crippen LogP contribution in [-0.2, 0) is 4.74 Å². The summed E-state index contributed by atoms with van der Waals surface area (Å²) in [5.41, 5.74) is 2.84. The second kappa shape index (κ2) is 5.48. The third-order valence-electron chi connectivity index (χ3n) is 3.22. The number of aryl methyl sites for hydroxylation is 1. The van der Waals surface area contributed by atoms with E-state index in [2.05, 4.69) is 5.43 Å². The van der Waals surface area contributed by atoms with Crippen LogP contribution in [0.1, 0.15) is 36.8 Å². The van der Waals surface area contributed by atoms with Crippen molar-refractivity contribution in [3.05, 3.63) is 23.7 Å². The van der Waals surface area contributed by atoms with Gasteiger partial charge < -0.3 is 9.15 Å². The molecule has 4 nitrogen and oxygen atoms in total. The van der Waals surface area contributed by atoms with Crippen LogP contribution in [0.15, 0.2) is 16.5 Å². The Hall–Kier alpha value is -0.840. The predicted molar refractivity (Wildman–Crippen MR) is 61.7 cm³/mol. The van der Waals surface area contributed by atoms with E-state index in [1.165, 1.54) is 0 Å². The molecule has 1 fully saturated rings. The third-order valence-corrected chi connectivity index (χ3v) is 3.22. The van der Waals surface area contributed by atoms with E-state index >= 15 is 0 Å². The lowest BCUT2D eigenvalue weighted by atomic mass is 9.92. The first-order valence-corrected chi connectivity index (χ1v) is 5.90. The maximum absolute atomic E-state index is 5.60. The van der Waals surface area contributed by atoms with Gasteiger partial charge in [0.1, 0.15) is 11.5 Å². The Labute approximate surface area is 96.1 Å². The van der Waals surface area contributed by atoms with Crippen LogP contribution in [0.5, 0.6) is 0 Å². The van der Waals surface area contributed by atoms with Gasteiger partial charge in [0, 0.05) is 13.2 Å². The van der Waals surface area contributed by atoms with Crippen LogP contribution in [0.2, 0.25) is 0 Å². The Morgan fingerprint density at radius 2 is 2.19 bits per heavy atom. The summed E-state index contributed by atoms with van der Waals surface area (Å²) in [6.07, 6.45) is 3.27. The van der Waals surface area contributed by atoms with E-state index in [9.17, 15) is 0 Å². The van der Waals surface area contributed by atoms with Crippen LogP contribution in [0.25, 0.3) is 0 Å². The average molecular weight is 224 g/mol. The van der Waals surface area contributed by atoms with Crippen molar-refractivity contribution in [2.75, 3.05) is 13.2 Å². The standard InChI is InChI=1S/C12H20N2O2/c1-9-2-3-12(16-9)11(14-13)8-10-4-6-15-7-5-10/h2-3,10-11,14H,4-8,13H2,1H3. The topological polar surface area (TPSA) is 60.4 Å². The van der Waals surface area contributed by atoms with E-state index in [0.29, 0.717) is 5.92 Å². The van der Waals surface area contributed by atoms with Crippen LogP contribution in [0, 0.1) is 12.8 Å². The molecule has 0 saturated carbocycles. The van der Waals surface area contributed by atoms with Gasteiger partial charge in [-0.15, -0.1) is 0 Å². The van der Waals surface area contributed by atoms with Gasteiger partial charge >= 0.3 is 0 Å². The van der Waals surface area contributed by atoms with E-state index in [1.807, 2.05) is 19.1 Å². The zero-order chi connectivity index (χ0) is 11.4. The molecular formula is C12H20N2O2. The minimum atomic E-state index is 0.122. The van der Waals surface area contributed by atoms with Crippen molar-refractivity contribution >= 4 is 0 Å². The Kier molecular flexibility index (Phi) is 3.98. The van der Waals surface area contributed by atoms with E-state index < -0.39 is 0 Å². The molecule has 1 aromatic heterocycles. The number of hydrogen-bond acceptors (Lipinski definition) is 4. The van der Waals surface area contributed by atoms with E-state index in [0.717, 1.165) is 44.0 Å². The minimum Gasteiger partial charge on any atom is -0.465 e. The molecule has 1 aromatic rings. The van der Waals surface area contributed by atoms with Crippen molar-refractivity contribution in [1.82, 2.24) is 5.43 Å². The summed E-state index contributed by atoms with van der Waals surface area (Å²) in [5.74, 6) is 8.14. The molecular weight excluding hydrogens is 204 g/mol. The van der Waals surface area contributed by atoms with Gasteiger partial charge in [-0.3, -0.25) is 5.84 Å². The highest BCUT2D eigenvalue weighted by Crippen LogP contribution is 2.27. The first-order valence-electron chi connectivity index (χ1n) is 5.90. The highest BCUT2D eigenvalue weighted by molar-refractivity contribution is 5.09. The van der Waals surface area contributed by atoms with Gasteiger partial charge in [0.2, 0.25) is 0 Å². The van der Waals surface area contributed by atoms with Gasteiger partial charge in [-0.25, -0.2) is 5.43 Å². The summed E-state index contributed by atoms with van der Waals surface area (Å²) in [6, 6.07) is 4.10. The fourth-order valence-corrected chi connectivity index (χ4v) is 2.22. The third kappa shape index (κ3) is 2.84. The molecule has 4 heteroatoms. The van der Waals surface area contributed by atoms with Crippen molar-refractivity contribution < 1.29 is 9.15 Å². The SMILES string of the molecule is Cc1ccc(C(CC2CCOCC2)NN)o1. The van der Waals surface area contributed by atoms with Gasteiger partial charge in [0.25, 0.3) is 0 Å². The lowest BCUT2D eigenvalue weighted by molar-refractivity contribution is 0.0596. The maximum Gasteiger partial charge on any atom is 0.122 e. The van der Waals surface area contributed by atoms with Crippen LogP contribution in [0.3, 0.4) is 0 Å². The van der Waals surface area contributed by atoms with Gasteiger partial charge in [0.15, 0.2) is 0 Å². The Balaban J connectivity index is 1.94. The fourth-order valence-electron chi connectivity index (χ4n) is 2.22. The summed E-state index contributed by atoms with van der Waals surface area (Å²) in [6.45, 7) is 3.70. The predicted octanol–water partition coefficient (Wildman–Crippen LogP) is 1.91. The molecule has 1 aliphatic rings. The molecule has 90 valence electrons. The van der Waals surface area contributed by atoms with Gasteiger partial charge in [-0.05, 0) is 44.2 Å². The van der Waals surface area contributed by atoms with Crippen LogP contribution in [0.4, 0.5) is 0 Å². The number of ether oxygens (including phenoxy) is 1. The van der Waals surface area contributed by atoms with Crippen molar-refractivity contribution in [3.8, 4) is 0 Å². The van der Waals surface area contributed by atoms with Gasteiger partial charge in [0.05, 0.1) is 6.04 Å². The first-order chi connectivity index (χ1) is 7.79. The number of nitrogens with one attached hydrogen (secondary N) is 1. The number of hydrazine groups is 1. The highest BCUT2D eigenvalue weighted by atomic mass is 16.5. The zero-order valence-electron chi connectivity index (χ0n) is 9.74. The first kappa shape index (κ1) is 11.6.